The standard InChI is InChI=1S/C13H23N3O/c1-3-4-12(14)13(17)15-7-10-16-8-5-11(2)6-9-16/h1,11-12H,4-10,14H2,2H3,(H,15,17). The molecule has 0 aliphatic carbocycles. The molecule has 0 bridgehead atoms. The molecule has 1 rings (SSSR count). The third-order valence-corrected chi connectivity index (χ3v) is 3.28. The van der Waals surface area contributed by atoms with E-state index in [1.165, 1.54) is 12.8 Å². The molecule has 1 aliphatic rings. The second kappa shape index (κ2) is 7.31. The first-order valence-electron chi connectivity index (χ1n) is 6.32. The Hall–Kier alpha value is -1.05. The van der Waals surface area contributed by atoms with E-state index in [2.05, 4.69) is 23.1 Å². The van der Waals surface area contributed by atoms with Crippen molar-refractivity contribution in [3.63, 3.8) is 0 Å². The van der Waals surface area contributed by atoms with Gasteiger partial charge in [0.25, 0.3) is 0 Å². The van der Waals surface area contributed by atoms with Gasteiger partial charge in [0, 0.05) is 19.5 Å². The molecule has 1 heterocycles. The van der Waals surface area contributed by atoms with E-state index in [9.17, 15) is 4.79 Å². The van der Waals surface area contributed by atoms with Crippen LogP contribution in [0.15, 0.2) is 0 Å². The highest BCUT2D eigenvalue weighted by Crippen LogP contribution is 2.14. The largest absolute Gasteiger partial charge is 0.353 e. The van der Waals surface area contributed by atoms with Crippen molar-refractivity contribution in [2.24, 2.45) is 11.7 Å². The van der Waals surface area contributed by atoms with E-state index in [0.29, 0.717) is 13.0 Å². The summed E-state index contributed by atoms with van der Waals surface area (Å²) in [5.74, 6) is 3.09. The van der Waals surface area contributed by atoms with Crippen LogP contribution in [0.3, 0.4) is 0 Å². The fourth-order valence-electron chi connectivity index (χ4n) is 1.97. The van der Waals surface area contributed by atoms with Crippen LogP contribution in [0.25, 0.3) is 0 Å². The fourth-order valence-corrected chi connectivity index (χ4v) is 1.97. The first-order chi connectivity index (χ1) is 8.13. The quantitative estimate of drug-likeness (QED) is 0.671. The number of terminal acetylenes is 1. The normalized spacial score (nSPS) is 19.6. The lowest BCUT2D eigenvalue weighted by Gasteiger charge is -2.30. The monoisotopic (exact) mass is 237 g/mol. The topological polar surface area (TPSA) is 58.4 Å². The third kappa shape index (κ3) is 5.20. The minimum absolute atomic E-state index is 0.145. The average molecular weight is 237 g/mol. The zero-order valence-corrected chi connectivity index (χ0v) is 10.6. The number of carbonyl (C=O) groups is 1. The molecule has 4 nitrogen and oxygen atoms in total. The van der Waals surface area contributed by atoms with Crippen molar-refractivity contribution in [3.05, 3.63) is 0 Å². The average Bonchev–Trinajstić information content (AvgIpc) is 2.32. The van der Waals surface area contributed by atoms with Crippen LogP contribution in [0, 0.1) is 18.3 Å². The van der Waals surface area contributed by atoms with Gasteiger partial charge in [0.05, 0.1) is 6.04 Å². The van der Waals surface area contributed by atoms with Crippen LogP contribution in [0.2, 0.25) is 0 Å². The van der Waals surface area contributed by atoms with Crippen molar-refractivity contribution in [2.45, 2.75) is 32.2 Å². The molecular weight excluding hydrogens is 214 g/mol. The molecule has 1 saturated heterocycles. The summed E-state index contributed by atoms with van der Waals surface area (Å²) in [6.07, 6.45) is 7.92. The Balaban J connectivity index is 2.11. The Bertz CT molecular complexity index is 277. The van der Waals surface area contributed by atoms with E-state index < -0.39 is 6.04 Å². The maximum Gasteiger partial charge on any atom is 0.237 e. The molecule has 0 aromatic rings. The second-order valence-corrected chi connectivity index (χ2v) is 4.83. The van der Waals surface area contributed by atoms with E-state index in [0.717, 1.165) is 25.6 Å². The summed E-state index contributed by atoms with van der Waals surface area (Å²) >= 11 is 0. The van der Waals surface area contributed by atoms with Gasteiger partial charge in [0.15, 0.2) is 0 Å². The SMILES string of the molecule is C#CCC(N)C(=O)NCCN1CCC(C)CC1. The highest BCUT2D eigenvalue weighted by Gasteiger charge is 2.16. The summed E-state index contributed by atoms with van der Waals surface area (Å²) in [5, 5.41) is 2.82. The molecule has 3 N–H and O–H groups in total. The smallest absolute Gasteiger partial charge is 0.237 e. The van der Waals surface area contributed by atoms with Gasteiger partial charge >= 0.3 is 0 Å². The van der Waals surface area contributed by atoms with Crippen LogP contribution in [0.5, 0.6) is 0 Å². The Kier molecular flexibility index (Phi) is 6.03. The minimum atomic E-state index is -0.568. The molecule has 0 radical (unpaired) electrons. The molecular formula is C13H23N3O. The van der Waals surface area contributed by atoms with Gasteiger partial charge in [-0.15, -0.1) is 12.3 Å². The lowest BCUT2D eigenvalue weighted by Crippen LogP contribution is -2.44. The van der Waals surface area contributed by atoms with E-state index in [1.54, 1.807) is 0 Å². The van der Waals surface area contributed by atoms with Gasteiger partial charge in [-0.25, -0.2) is 0 Å². The van der Waals surface area contributed by atoms with Gasteiger partial charge in [-0.3, -0.25) is 4.79 Å². The molecule has 1 aliphatic heterocycles. The van der Waals surface area contributed by atoms with Crippen LogP contribution in [-0.2, 0) is 4.79 Å². The van der Waals surface area contributed by atoms with Gasteiger partial charge in [0.2, 0.25) is 5.91 Å². The van der Waals surface area contributed by atoms with E-state index >= 15 is 0 Å². The van der Waals surface area contributed by atoms with Crippen molar-refractivity contribution >= 4 is 5.91 Å². The lowest BCUT2D eigenvalue weighted by atomic mass is 9.99. The van der Waals surface area contributed by atoms with Crippen LogP contribution < -0.4 is 11.1 Å². The molecule has 17 heavy (non-hydrogen) atoms. The summed E-state index contributed by atoms with van der Waals surface area (Å²) in [5.41, 5.74) is 5.60. The molecule has 1 amide bonds. The molecule has 1 unspecified atom stereocenters. The minimum Gasteiger partial charge on any atom is -0.353 e. The van der Waals surface area contributed by atoms with Gasteiger partial charge in [-0.2, -0.15) is 0 Å². The van der Waals surface area contributed by atoms with Gasteiger partial charge in [-0.1, -0.05) is 6.92 Å². The molecule has 0 aromatic heterocycles. The first kappa shape index (κ1) is 14.0. The third-order valence-electron chi connectivity index (χ3n) is 3.28. The Morgan fingerprint density at radius 2 is 2.24 bits per heavy atom. The van der Waals surface area contributed by atoms with Crippen molar-refractivity contribution < 1.29 is 4.79 Å². The van der Waals surface area contributed by atoms with Crippen molar-refractivity contribution in [1.29, 1.82) is 0 Å². The molecule has 96 valence electrons. The van der Waals surface area contributed by atoms with Gasteiger partial charge < -0.3 is 16.0 Å². The lowest BCUT2D eigenvalue weighted by molar-refractivity contribution is -0.122. The number of nitrogens with one attached hydrogen (secondary N) is 1. The van der Waals surface area contributed by atoms with Crippen LogP contribution in [0.4, 0.5) is 0 Å². The predicted molar refractivity (Wildman–Crippen MR) is 69.3 cm³/mol. The van der Waals surface area contributed by atoms with Crippen molar-refractivity contribution in [1.82, 2.24) is 10.2 Å². The van der Waals surface area contributed by atoms with Crippen LogP contribution in [-0.4, -0.2) is 43.0 Å². The predicted octanol–water partition coefficient (Wildman–Crippen LogP) is 0.185. The molecule has 0 spiro atoms. The van der Waals surface area contributed by atoms with Crippen molar-refractivity contribution in [2.75, 3.05) is 26.2 Å². The molecule has 0 saturated carbocycles. The maximum atomic E-state index is 11.5. The number of hydrogen-bond donors (Lipinski definition) is 2. The zero-order valence-electron chi connectivity index (χ0n) is 10.6. The molecule has 1 fully saturated rings. The zero-order chi connectivity index (χ0) is 12.7. The first-order valence-corrected chi connectivity index (χ1v) is 6.32. The Labute approximate surface area is 104 Å². The highest BCUT2D eigenvalue weighted by atomic mass is 16.2. The summed E-state index contributed by atoms with van der Waals surface area (Å²) in [6, 6.07) is -0.568. The van der Waals surface area contributed by atoms with Crippen LogP contribution >= 0.6 is 0 Å². The number of nitrogens with two attached hydrogens (primary N) is 1. The van der Waals surface area contributed by atoms with Crippen molar-refractivity contribution in [3.8, 4) is 12.3 Å². The number of rotatable bonds is 5. The van der Waals surface area contributed by atoms with Crippen LogP contribution in [0.1, 0.15) is 26.2 Å². The maximum absolute atomic E-state index is 11.5. The Morgan fingerprint density at radius 1 is 1.59 bits per heavy atom. The van der Waals surface area contributed by atoms with E-state index in [4.69, 9.17) is 12.2 Å². The highest BCUT2D eigenvalue weighted by molar-refractivity contribution is 5.81. The van der Waals surface area contributed by atoms with E-state index in [1.807, 2.05) is 0 Å². The summed E-state index contributed by atoms with van der Waals surface area (Å²) in [7, 11) is 0. The number of carbonyl (C=O) groups excluding carboxylic acids is 1. The molecule has 1 atom stereocenters. The fraction of sp³-hybridized carbons (Fsp3) is 0.769. The Morgan fingerprint density at radius 3 is 2.82 bits per heavy atom. The number of nitrogens with zero attached hydrogens (tertiary/aromatic N) is 1. The number of piperidine rings is 1. The number of likely N-dealkylation sites (tertiary alicyclic amines) is 1. The molecule has 0 aromatic carbocycles. The van der Waals surface area contributed by atoms with Gasteiger partial charge in [0.1, 0.15) is 0 Å². The summed E-state index contributed by atoms with van der Waals surface area (Å²) in [4.78, 5) is 13.9. The number of amides is 1. The molecule has 4 heteroatoms. The summed E-state index contributed by atoms with van der Waals surface area (Å²) in [6.45, 7) is 6.12. The van der Waals surface area contributed by atoms with E-state index in [-0.39, 0.29) is 5.91 Å². The number of hydrogen-bond acceptors (Lipinski definition) is 3. The van der Waals surface area contributed by atoms with Gasteiger partial charge in [-0.05, 0) is 31.8 Å². The summed E-state index contributed by atoms with van der Waals surface area (Å²) < 4.78 is 0. The second-order valence-electron chi connectivity index (χ2n) is 4.83.